The van der Waals surface area contributed by atoms with Gasteiger partial charge in [-0.05, 0) is 73.6 Å². The molecule has 29 heavy (non-hydrogen) atoms. The van der Waals surface area contributed by atoms with E-state index in [9.17, 15) is 13.2 Å². The van der Waals surface area contributed by atoms with Crippen molar-refractivity contribution in [1.29, 1.82) is 5.26 Å². The molecule has 1 fully saturated rings. The summed E-state index contributed by atoms with van der Waals surface area (Å²) in [6, 6.07) is 14.3. The van der Waals surface area contributed by atoms with Crippen LogP contribution in [0.5, 0.6) is 0 Å². The van der Waals surface area contributed by atoms with Gasteiger partial charge in [0.05, 0.1) is 16.5 Å². The van der Waals surface area contributed by atoms with Gasteiger partial charge in [0.25, 0.3) is 0 Å². The normalized spacial score (nSPS) is 17.5. The van der Waals surface area contributed by atoms with Gasteiger partial charge in [0.15, 0.2) is 0 Å². The van der Waals surface area contributed by atoms with Crippen molar-refractivity contribution in [1.82, 2.24) is 4.31 Å². The number of anilines is 1. The van der Waals surface area contributed by atoms with E-state index < -0.39 is 10.0 Å². The van der Waals surface area contributed by atoms with E-state index in [-0.39, 0.29) is 11.8 Å². The van der Waals surface area contributed by atoms with E-state index in [0.29, 0.717) is 42.1 Å². The summed E-state index contributed by atoms with van der Waals surface area (Å²) in [5, 5.41) is 11.8. The first-order chi connectivity index (χ1) is 14.0. The molecule has 6 nitrogen and oxygen atoms in total. The molecule has 4 rings (SSSR count). The number of amides is 1. The average Bonchev–Trinajstić information content (AvgIpc) is 3.22. The second-order valence-corrected chi connectivity index (χ2v) is 9.58. The molecule has 0 saturated carbocycles. The number of sulfonamides is 1. The number of nitriles is 1. The quantitative estimate of drug-likeness (QED) is 0.840. The minimum Gasteiger partial charge on any atom is -0.326 e. The van der Waals surface area contributed by atoms with Crippen molar-refractivity contribution >= 4 is 21.6 Å². The molecule has 1 aliphatic carbocycles. The molecular weight excluding hydrogens is 386 g/mol. The molecule has 1 amide bonds. The zero-order valence-corrected chi connectivity index (χ0v) is 16.9. The van der Waals surface area contributed by atoms with Gasteiger partial charge in [0.1, 0.15) is 0 Å². The van der Waals surface area contributed by atoms with E-state index in [1.54, 1.807) is 30.3 Å². The summed E-state index contributed by atoms with van der Waals surface area (Å²) in [6.45, 7) is 0.658. The van der Waals surface area contributed by atoms with Crippen molar-refractivity contribution in [3.63, 3.8) is 0 Å². The van der Waals surface area contributed by atoms with E-state index in [1.165, 1.54) is 9.87 Å². The van der Waals surface area contributed by atoms with Gasteiger partial charge < -0.3 is 5.32 Å². The lowest BCUT2D eigenvalue weighted by Gasteiger charge is -2.30. The second kappa shape index (κ2) is 7.97. The molecule has 0 aromatic heterocycles. The maximum Gasteiger partial charge on any atom is 0.243 e. The van der Waals surface area contributed by atoms with Crippen molar-refractivity contribution in [3.05, 3.63) is 59.2 Å². The number of nitrogens with one attached hydrogen (secondary N) is 1. The van der Waals surface area contributed by atoms with Gasteiger partial charge in [-0.25, -0.2) is 8.42 Å². The first-order valence-electron chi connectivity index (χ1n) is 9.90. The summed E-state index contributed by atoms with van der Waals surface area (Å²) in [5.41, 5.74) is 3.46. The molecule has 2 aromatic rings. The molecule has 1 saturated heterocycles. The standard InChI is InChI=1S/C22H23N3O3S/c23-15-16-3-1-6-20(13-16)24-22(26)18-9-11-25(12-10-18)29(27,28)21-8-7-17-4-2-5-19(17)14-21/h1,3,6-8,13-14,18H,2,4-5,9-12H2,(H,24,26). The van der Waals surface area contributed by atoms with E-state index in [0.717, 1.165) is 24.8 Å². The Hall–Kier alpha value is -2.69. The van der Waals surface area contributed by atoms with Crippen molar-refractivity contribution in [3.8, 4) is 6.07 Å². The fourth-order valence-corrected chi connectivity index (χ4v) is 5.65. The Balaban J connectivity index is 1.39. The number of carbonyl (C=O) groups excluding carboxylic acids is 1. The van der Waals surface area contributed by atoms with Crippen LogP contribution >= 0.6 is 0 Å². The largest absolute Gasteiger partial charge is 0.326 e. The van der Waals surface area contributed by atoms with Crippen molar-refractivity contribution in [2.45, 2.75) is 37.0 Å². The summed E-state index contributed by atoms with van der Waals surface area (Å²) in [5.74, 6) is -0.373. The Morgan fingerprint density at radius 3 is 2.59 bits per heavy atom. The Morgan fingerprint density at radius 2 is 1.83 bits per heavy atom. The number of aryl methyl sites for hydroxylation is 2. The minimum atomic E-state index is -3.54. The lowest BCUT2D eigenvalue weighted by atomic mass is 9.97. The summed E-state index contributed by atoms with van der Waals surface area (Å²) < 4.78 is 27.5. The van der Waals surface area contributed by atoms with Crippen LogP contribution in [-0.4, -0.2) is 31.7 Å². The maximum absolute atomic E-state index is 13.0. The molecule has 7 heteroatoms. The first-order valence-corrected chi connectivity index (χ1v) is 11.3. The minimum absolute atomic E-state index is 0.130. The maximum atomic E-state index is 13.0. The average molecular weight is 410 g/mol. The highest BCUT2D eigenvalue weighted by Gasteiger charge is 2.32. The molecule has 1 aliphatic heterocycles. The van der Waals surface area contributed by atoms with Crippen LogP contribution in [0.3, 0.4) is 0 Å². The number of carbonyl (C=O) groups is 1. The number of piperidine rings is 1. The monoisotopic (exact) mass is 409 g/mol. The fourth-order valence-electron chi connectivity index (χ4n) is 4.13. The van der Waals surface area contributed by atoms with Crippen LogP contribution in [0.4, 0.5) is 5.69 Å². The summed E-state index contributed by atoms with van der Waals surface area (Å²) >= 11 is 0. The Bertz CT molecular complexity index is 1080. The molecule has 2 aromatic carbocycles. The number of fused-ring (bicyclic) bond motifs is 1. The number of nitrogens with zero attached hydrogens (tertiary/aromatic N) is 2. The summed E-state index contributed by atoms with van der Waals surface area (Å²) in [7, 11) is -3.54. The van der Waals surface area contributed by atoms with Gasteiger partial charge in [-0.15, -0.1) is 0 Å². The van der Waals surface area contributed by atoms with Crippen LogP contribution in [0, 0.1) is 17.2 Å². The third-order valence-electron chi connectivity index (χ3n) is 5.79. The van der Waals surface area contributed by atoms with Crippen LogP contribution in [-0.2, 0) is 27.7 Å². The molecule has 150 valence electrons. The van der Waals surface area contributed by atoms with Crippen LogP contribution in [0.2, 0.25) is 0 Å². The second-order valence-electron chi connectivity index (χ2n) is 7.64. The SMILES string of the molecule is N#Cc1cccc(NC(=O)C2CCN(S(=O)(=O)c3ccc4c(c3)CCC4)CC2)c1. The molecule has 0 bridgehead atoms. The number of hydrogen-bond acceptors (Lipinski definition) is 4. The van der Waals surface area contributed by atoms with Crippen LogP contribution in [0.25, 0.3) is 0 Å². The van der Waals surface area contributed by atoms with Gasteiger partial charge in [-0.2, -0.15) is 9.57 Å². The molecule has 0 spiro atoms. The van der Waals surface area contributed by atoms with Gasteiger partial charge >= 0.3 is 0 Å². The first kappa shape index (κ1) is 19.6. The highest BCUT2D eigenvalue weighted by molar-refractivity contribution is 7.89. The molecule has 2 aliphatic rings. The van der Waals surface area contributed by atoms with Crippen molar-refractivity contribution in [2.75, 3.05) is 18.4 Å². The molecule has 0 atom stereocenters. The smallest absolute Gasteiger partial charge is 0.243 e. The van der Waals surface area contributed by atoms with Gasteiger partial charge in [-0.3, -0.25) is 4.79 Å². The third kappa shape index (κ3) is 4.04. The molecule has 0 radical (unpaired) electrons. The lowest BCUT2D eigenvalue weighted by molar-refractivity contribution is -0.120. The summed E-state index contributed by atoms with van der Waals surface area (Å²) in [6.07, 6.45) is 4.00. The van der Waals surface area contributed by atoms with Crippen LogP contribution in [0.15, 0.2) is 47.4 Å². The van der Waals surface area contributed by atoms with Crippen LogP contribution < -0.4 is 5.32 Å². The Morgan fingerprint density at radius 1 is 1.07 bits per heavy atom. The van der Waals surface area contributed by atoms with E-state index in [1.807, 2.05) is 18.2 Å². The third-order valence-corrected chi connectivity index (χ3v) is 7.69. The molecule has 1 heterocycles. The molecule has 1 N–H and O–H groups in total. The predicted octanol–water partition coefficient (Wildman–Crippen LogP) is 3.09. The topological polar surface area (TPSA) is 90.3 Å². The number of rotatable bonds is 4. The molecular formula is C22H23N3O3S. The van der Waals surface area contributed by atoms with Gasteiger partial charge in [0, 0.05) is 24.7 Å². The van der Waals surface area contributed by atoms with E-state index >= 15 is 0 Å². The van der Waals surface area contributed by atoms with E-state index in [4.69, 9.17) is 5.26 Å². The predicted molar refractivity (Wildman–Crippen MR) is 110 cm³/mol. The van der Waals surface area contributed by atoms with Crippen molar-refractivity contribution < 1.29 is 13.2 Å². The fraction of sp³-hybridized carbons (Fsp3) is 0.364. The van der Waals surface area contributed by atoms with Crippen LogP contribution in [0.1, 0.15) is 36.0 Å². The van der Waals surface area contributed by atoms with Gasteiger partial charge in [0.2, 0.25) is 15.9 Å². The highest BCUT2D eigenvalue weighted by Crippen LogP contribution is 2.29. The van der Waals surface area contributed by atoms with Gasteiger partial charge in [-0.1, -0.05) is 12.1 Å². The van der Waals surface area contributed by atoms with Crippen molar-refractivity contribution in [2.24, 2.45) is 5.92 Å². The number of benzene rings is 2. The lowest BCUT2D eigenvalue weighted by Crippen LogP contribution is -2.41. The number of hydrogen-bond donors (Lipinski definition) is 1. The zero-order chi connectivity index (χ0) is 20.4. The Kier molecular flexibility index (Phi) is 5.39. The highest BCUT2D eigenvalue weighted by atomic mass is 32.2. The zero-order valence-electron chi connectivity index (χ0n) is 16.1. The molecule has 0 unspecified atom stereocenters. The van der Waals surface area contributed by atoms with E-state index in [2.05, 4.69) is 5.32 Å². The Labute approximate surface area is 171 Å². The summed E-state index contributed by atoms with van der Waals surface area (Å²) in [4.78, 5) is 12.9.